The predicted molar refractivity (Wildman–Crippen MR) is 68.3 cm³/mol. The summed E-state index contributed by atoms with van der Waals surface area (Å²) in [5, 5.41) is 3.23. The molecule has 1 heterocycles. The molecule has 16 heavy (non-hydrogen) atoms. The average molecular weight is 286 g/mol. The summed E-state index contributed by atoms with van der Waals surface area (Å²) in [6, 6.07) is 7.88. The minimum atomic E-state index is -1.12. The third-order valence-electron chi connectivity index (χ3n) is 3.41. The zero-order valence-electron chi connectivity index (χ0n) is 9.47. The van der Waals surface area contributed by atoms with Crippen molar-refractivity contribution in [3.05, 3.63) is 34.3 Å². The van der Waals surface area contributed by atoms with Crippen molar-refractivity contribution < 1.29 is 4.39 Å². The van der Waals surface area contributed by atoms with Crippen LogP contribution in [0.2, 0.25) is 0 Å². The van der Waals surface area contributed by atoms with Crippen molar-refractivity contribution in [2.75, 3.05) is 13.1 Å². The number of benzene rings is 1. The number of rotatable bonds is 3. The molecule has 2 atom stereocenters. The Morgan fingerprint density at radius 1 is 1.50 bits per heavy atom. The van der Waals surface area contributed by atoms with Crippen LogP contribution in [0, 0.1) is 5.92 Å². The highest BCUT2D eigenvalue weighted by molar-refractivity contribution is 9.10. The quantitative estimate of drug-likeness (QED) is 0.898. The molecule has 1 N–H and O–H groups in total. The van der Waals surface area contributed by atoms with Gasteiger partial charge in [0.05, 0.1) is 0 Å². The number of hydrogen-bond acceptors (Lipinski definition) is 1. The number of alkyl halides is 1. The van der Waals surface area contributed by atoms with Gasteiger partial charge in [-0.2, -0.15) is 0 Å². The Labute approximate surface area is 105 Å². The molecule has 88 valence electrons. The summed E-state index contributed by atoms with van der Waals surface area (Å²) in [4.78, 5) is 0. The van der Waals surface area contributed by atoms with Crippen LogP contribution in [0.1, 0.15) is 18.9 Å². The second kappa shape index (κ2) is 4.84. The van der Waals surface area contributed by atoms with E-state index in [9.17, 15) is 4.39 Å². The molecule has 0 amide bonds. The fraction of sp³-hybridized carbons (Fsp3) is 0.538. The molecule has 0 radical (unpaired) electrons. The summed E-state index contributed by atoms with van der Waals surface area (Å²) < 4.78 is 15.6. The van der Waals surface area contributed by atoms with E-state index in [2.05, 4.69) is 21.2 Å². The van der Waals surface area contributed by atoms with Gasteiger partial charge in [-0.15, -0.1) is 0 Å². The summed E-state index contributed by atoms with van der Waals surface area (Å²) in [5.74, 6) is 0.139. The van der Waals surface area contributed by atoms with Crippen LogP contribution in [0.3, 0.4) is 0 Å². The van der Waals surface area contributed by atoms with Gasteiger partial charge in [0.1, 0.15) is 5.67 Å². The number of nitrogens with one attached hydrogen (secondary N) is 1. The molecule has 0 aromatic heterocycles. The standard InChI is InChI=1S/C13H17BrFN/c1-13(15,11-6-7-16-9-11)8-10-4-2-3-5-12(10)14/h2-5,11,16H,6-9H2,1H3. The Morgan fingerprint density at radius 3 is 2.88 bits per heavy atom. The van der Waals surface area contributed by atoms with Crippen LogP contribution in [0.25, 0.3) is 0 Å². The predicted octanol–water partition coefficient (Wildman–Crippen LogP) is 3.33. The summed E-state index contributed by atoms with van der Waals surface area (Å²) in [7, 11) is 0. The van der Waals surface area contributed by atoms with Crippen LogP contribution >= 0.6 is 15.9 Å². The summed E-state index contributed by atoms with van der Waals surface area (Å²) in [6.45, 7) is 3.47. The fourth-order valence-electron chi connectivity index (χ4n) is 2.33. The van der Waals surface area contributed by atoms with Crippen molar-refractivity contribution in [3.63, 3.8) is 0 Å². The normalized spacial score (nSPS) is 24.3. The van der Waals surface area contributed by atoms with Crippen LogP contribution in [0.5, 0.6) is 0 Å². The van der Waals surface area contributed by atoms with Gasteiger partial charge in [0.2, 0.25) is 0 Å². The van der Waals surface area contributed by atoms with E-state index in [1.165, 1.54) is 0 Å². The first-order valence-corrected chi connectivity index (χ1v) is 6.52. The van der Waals surface area contributed by atoms with E-state index in [0.717, 1.165) is 29.5 Å². The van der Waals surface area contributed by atoms with E-state index in [1.54, 1.807) is 6.92 Å². The minimum absolute atomic E-state index is 0.139. The van der Waals surface area contributed by atoms with Crippen LogP contribution < -0.4 is 5.32 Å². The lowest BCUT2D eigenvalue weighted by Crippen LogP contribution is -2.33. The van der Waals surface area contributed by atoms with E-state index in [0.29, 0.717) is 6.42 Å². The summed E-state index contributed by atoms with van der Waals surface area (Å²) >= 11 is 3.48. The lowest BCUT2D eigenvalue weighted by molar-refractivity contribution is 0.113. The third kappa shape index (κ3) is 2.64. The van der Waals surface area contributed by atoms with Crippen LogP contribution in [0.15, 0.2) is 28.7 Å². The Morgan fingerprint density at radius 2 is 2.25 bits per heavy atom. The Balaban J connectivity index is 2.10. The molecule has 1 aromatic rings. The van der Waals surface area contributed by atoms with E-state index < -0.39 is 5.67 Å². The van der Waals surface area contributed by atoms with Gasteiger partial charge in [-0.1, -0.05) is 34.1 Å². The minimum Gasteiger partial charge on any atom is -0.316 e. The lowest BCUT2D eigenvalue weighted by Gasteiger charge is -2.27. The molecular weight excluding hydrogens is 269 g/mol. The monoisotopic (exact) mass is 285 g/mol. The maximum atomic E-state index is 14.6. The van der Waals surface area contributed by atoms with E-state index in [4.69, 9.17) is 0 Å². The van der Waals surface area contributed by atoms with E-state index in [1.807, 2.05) is 24.3 Å². The molecule has 1 aliphatic heterocycles. The maximum absolute atomic E-state index is 14.6. The first-order valence-electron chi connectivity index (χ1n) is 5.72. The molecule has 0 bridgehead atoms. The fourth-order valence-corrected chi connectivity index (χ4v) is 2.75. The molecule has 1 aliphatic rings. The van der Waals surface area contributed by atoms with Crippen molar-refractivity contribution in [2.24, 2.45) is 5.92 Å². The van der Waals surface area contributed by atoms with Gasteiger partial charge in [0.25, 0.3) is 0 Å². The zero-order chi connectivity index (χ0) is 11.6. The van der Waals surface area contributed by atoms with Gasteiger partial charge in [0, 0.05) is 23.4 Å². The van der Waals surface area contributed by atoms with Gasteiger partial charge in [-0.3, -0.25) is 0 Å². The highest BCUT2D eigenvalue weighted by Crippen LogP contribution is 2.32. The third-order valence-corrected chi connectivity index (χ3v) is 4.18. The molecule has 1 fully saturated rings. The van der Waals surface area contributed by atoms with Crippen molar-refractivity contribution in [1.29, 1.82) is 0 Å². The molecule has 3 heteroatoms. The van der Waals surface area contributed by atoms with Crippen molar-refractivity contribution in [3.8, 4) is 0 Å². The molecule has 1 nitrogen and oxygen atoms in total. The molecule has 1 saturated heterocycles. The summed E-state index contributed by atoms with van der Waals surface area (Å²) in [6.07, 6.45) is 1.43. The number of halogens is 2. The maximum Gasteiger partial charge on any atom is 0.116 e. The average Bonchev–Trinajstić information content (AvgIpc) is 2.75. The first kappa shape index (κ1) is 12.1. The van der Waals surface area contributed by atoms with Gasteiger partial charge in [-0.25, -0.2) is 4.39 Å². The molecule has 1 aromatic carbocycles. The summed E-state index contributed by atoms with van der Waals surface area (Å²) in [5.41, 5.74) is -0.0627. The largest absolute Gasteiger partial charge is 0.316 e. The van der Waals surface area contributed by atoms with Gasteiger partial charge in [0.15, 0.2) is 0 Å². The van der Waals surface area contributed by atoms with Crippen LogP contribution in [-0.4, -0.2) is 18.8 Å². The van der Waals surface area contributed by atoms with Crippen LogP contribution in [-0.2, 0) is 6.42 Å². The first-order chi connectivity index (χ1) is 7.59. The van der Waals surface area contributed by atoms with Gasteiger partial charge >= 0.3 is 0 Å². The van der Waals surface area contributed by atoms with E-state index in [-0.39, 0.29) is 5.92 Å². The Kier molecular flexibility index (Phi) is 3.65. The van der Waals surface area contributed by atoms with E-state index >= 15 is 0 Å². The van der Waals surface area contributed by atoms with Crippen LogP contribution in [0.4, 0.5) is 4.39 Å². The van der Waals surface area contributed by atoms with Crippen molar-refractivity contribution in [2.45, 2.75) is 25.4 Å². The van der Waals surface area contributed by atoms with Crippen molar-refractivity contribution >= 4 is 15.9 Å². The van der Waals surface area contributed by atoms with Gasteiger partial charge in [-0.05, 0) is 31.5 Å². The number of hydrogen-bond donors (Lipinski definition) is 1. The van der Waals surface area contributed by atoms with Gasteiger partial charge < -0.3 is 5.32 Å². The molecule has 0 spiro atoms. The highest BCUT2D eigenvalue weighted by atomic mass is 79.9. The second-order valence-corrected chi connectivity index (χ2v) is 5.59. The topological polar surface area (TPSA) is 12.0 Å². The second-order valence-electron chi connectivity index (χ2n) is 4.74. The zero-order valence-corrected chi connectivity index (χ0v) is 11.1. The molecule has 2 rings (SSSR count). The Bertz CT molecular complexity index is 359. The Hall–Kier alpha value is -0.410. The molecule has 0 saturated carbocycles. The van der Waals surface area contributed by atoms with Crippen molar-refractivity contribution in [1.82, 2.24) is 5.32 Å². The molecule has 2 unspecified atom stereocenters. The molecular formula is C13H17BrFN. The lowest BCUT2D eigenvalue weighted by atomic mass is 9.85. The highest BCUT2D eigenvalue weighted by Gasteiger charge is 2.36. The SMILES string of the molecule is CC(F)(Cc1ccccc1Br)C1CCNC1. The smallest absolute Gasteiger partial charge is 0.116 e. The molecule has 0 aliphatic carbocycles.